The van der Waals surface area contributed by atoms with Gasteiger partial charge in [-0.1, -0.05) is 48.6 Å². The van der Waals surface area contributed by atoms with Gasteiger partial charge in [-0.15, -0.1) is 0 Å². The maximum absolute atomic E-state index is 6.12. The average molecular weight is 209 g/mol. The van der Waals surface area contributed by atoms with E-state index < -0.39 is 0 Å². The van der Waals surface area contributed by atoms with Gasteiger partial charge in [-0.25, -0.2) is 0 Å². The molecule has 2 N–H and O–H groups in total. The molecule has 0 amide bonds. The van der Waals surface area contributed by atoms with E-state index >= 15 is 0 Å². The van der Waals surface area contributed by atoms with Crippen LogP contribution in [-0.2, 0) is 6.42 Å². The number of fused-ring (bicyclic) bond motifs is 1. The van der Waals surface area contributed by atoms with Crippen molar-refractivity contribution < 1.29 is 0 Å². The molecule has 0 saturated carbocycles. The molecule has 0 aliphatic heterocycles. The van der Waals surface area contributed by atoms with E-state index in [2.05, 4.69) is 42.5 Å². The van der Waals surface area contributed by atoms with Crippen molar-refractivity contribution in [3.63, 3.8) is 0 Å². The first-order valence-electron chi connectivity index (χ1n) is 5.78. The van der Waals surface area contributed by atoms with Crippen LogP contribution >= 0.6 is 0 Å². The first-order valence-corrected chi connectivity index (χ1v) is 5.78. The van der Waals surface area contributed by atoms with Crippen molar-refractivity contribution in [2.45, 2.75) is 18.9 Å². The van der Waals surface area contributed by atoms with Gasteiger partial charge in [0.1, 0.15) is 0 Å². The molecule has 1 nitrogen and oxygen atoms in total. The smallest absolute Gasteiger partial charge is 0.0487 e. The van der Waals surface area contributed by atoms with Crippen LogP contribution in [0.2, 0.25) is 0 Å². The Morgan fingerprint density at radius 2 is 1.94 bits per heavy atom. The fourth-order valence-corrected chi connectivity index (χ4v) is 2.59. The molecule has 0 saturated heterocycles. The first kappa shape index (κ1) is 9.61. The fraction of sp³-hybridized carbons (Fsp3) is 0.200. The molecular weight excluding hydrogens is 194 g/mol. The highest BCUT2D eigenvalue weighted by atomic mass is 14.6. The Bertz CT molecular complexity index is 506. The van der Waals surface area contributed by atoms with Crippen LogP contribution in [0.25, 0.3) is 5.57 Å². The van der Waals surface area contributed by atoms with Crippen LogP contribution in [0.5, 0.6) is 0 Å². The molecule has 0 bridgehead atoms. The average Bonchev–Trinajstić information content (AvgIpc) is 2.74. The molecule has 2 aliphatic rings. The summed E-state index contributed by atoms with van der Waals surface area (Å²) in [6.45, 7) is 0. The molecule has 0 radical (unpaired) electrons. The van der Waals surface area contributed by atoms with Gasteiger partial charge in [0.15, 0.2) is 0 Å². The quantitative estimate of drug-likeness (QED) is 0.698. The minimum atomic E-state index is 0.0613. The minimum Gasteiger partial charge on any atom is -0.321 e. The fourth-order valence-electron chi connectivity index (χ4n) is 2.59. The van der Waals surface area contributed by atoms with Gasteiger partial charge in [-0.2, -0.15) is 0 Å². The number of aryl methyl sites for hydroxylation is 1. The second-order valence-corrected chi connectivity index (χ2v) is 4.36. The minimum absolute atomic E-state index is 0.0613. The topological polar surface area (TPSA) is 26.0 Å². The summed E-state index contributed by atoms with van der Waals surface area (Å²) in [4.78, 5) is 0. The lowest BCUT2D eigenvalue weighted by molar-refractivity contribution is 0.961. The Morgan fingerprint density at radius 3 is 2.81 bits per heavy atom. The van der Waals surface area contributed by atoms with Crippen LogP contribution in [0, 0.1) is 0 Å². The van der Waals surface area contributed by atoms with Gasteiger partial charge in [0.05, 0.1) is 0 Å². The number of hydrogen-bond acceptors (Lipinski definition) is 1. The monoisotopic (exact) mass is 209 g/mol. The van der Waals surface area contributed by atoms with E-state index in [1.54, 1.807) is 0 Å². The normalized spacial score (nSPS) is 27.2. The van der Waals surface area contributed by atoms with E-state index in [9.17, 15) is 0 Å². The van der Waals surface area contributed by atoms with Crippen molar-refractivity contribution >= 4 is 5.57 Å². The highest BCUT2D eigenvalue weighted by Crippen LogP contribution is 2.36. The van der Waals surface area contributed by atoms with Gasteiger partial charge in [-0.05, 0) is 35.1 Å². The second kappa shape index (κ2) is 3.76. The maximum Gasteiger partial charge on any atom is 0.0487 e. The molecule has 1 unspecified atom stereocenters. The molecule has 1 aromatic carbocycles. The van der Waals surface area contributed by atoms with E-state index in [1.807, 2.05) is 6.08 Å². The first-order chi connectivity index (χ1) is 7.86. The van der Waals surface area contributed by atoms with Crippen LogP contribution in [0.3, 0.4) is 0 Å². The summed E-state index contributed by atoms with van der Waals surface area (Å²) in [5.74, 6) is 0. The largest absolute Gasteiger partial charge is 0.321 e. The molecule has 0 heterocycles. The van der Waals surface area contributed by atoms with E-state index in [4.69, 9.17) is 5.73 Å². The van der Waals surface area contributed by atoms with Gasteiger partial charge in [0.25, 0.3) is 0 Å². The number of benzene rings is 1. The molecule has 0 aromatic heterocycles. The van der Waals surface area contributed by atoms with Gasteiger partial charge < -0.3 is 5.73 Å². The van der Waals surface area contributed by atoms with E-state index in [-0.39, 0.29) is 6.04 Å². The van der Waals surface area contributed by atoms with Gasteiger partial charge in [0, 0.05) is 6.04 Å². The zero-order chi connectivity index (χ0) is 11.0. The Hall–Kier alpha value is -1.60. The maximum atomic E-state index is 6.12. The van der Waals surface area contributed by atoms with Crippen molar-refractivity contribution in [2.75, 3.05) is 0 Å². The molecule has 2 aliphatic carbocycles. The summed E-state index contributed by atoms with van der Waals surface area (Å²) in [6.07, 6.45) is 10.6. The van der Waals surface area contributed by atoms with Gasteiger partial charge in [0.2, 0.25) is 0 Å². The summed E-state index contributed by atoms with van der Waals surface area (Å²) in [5.41, 5.74) is 11.7. The zero-order valence-electron chi connectivity index (χ0n) is 9.19. The van der Waals surface area contributed by atoms with E-state index in [0.29, 0.717) is 0 Å². The Kier molecular flexibility index (Phi) is 2.26. The third-order valence-corrected chi connectivity index (χ3v) is 3.40. The van der Waals surface area contributed by atoms with E-state index in [1.165, 1.54) is 22.3 Å². The Labute approximate surface area is 96.0 Å². The van der Waals surface area contributed by atoms with Crippen LogP contribution in [-0.4, -0.2) is 6.04 Å². The molecule has 80 valence electrons. The van der Waals surface area contributed by atoms with Crippen LogP contribution in [0.15, 0.2) is 54.1 Å². The van der Waals surface area contributed by atoms with Crippen molar-refractivity contribution in [1.82, 2.24) is 0 Å². The number of hydrogen-bond donors (Lipinski definition) is 1. The predicted octanol–water partition coefficient (Wildman–Crippen LogP) is 2.84. The highest BCUT2D eigenvalue weighted by molar-refractivity contribution is 5.78. The lowest BCUT2D eigenvalue weighted by Crippen LogP contribution is -2.21. The standard InChI is InChI=1S/C15H15N/c16-15-8-4-3-7-14(15)13-10-9-11-5-1-2-6-12(11)13/h1-8,15H,9-10,16H2. The van der Waals surface area contributed by atoms with Crippen molar-refractivity contribution in [3.8, 4) is 0 Å². The number of allylic oxidation sites excluding steroid dienone is 3. The lowest BCUT2D eigenvalue weighted by Gasteiger charge is -2.15. The number of nitrogens with two attached hydrogens (primary N) is 1. The van der Waals surface area contributed by atoms with Crippen molar-refractivity contribution in [3.05, 3.63) is 65.3 Å². The zero-order valence-corrected chi connectivity index (χ0v) is 9.19. The molecular formula is C15H15N. The SMILES string of the molecule is NC1C=CC=CC1=C1CCc2ccccc21. The third kappa shape index (κ3) is 1.44. The van der Waals surface area contributed by atoms with Gasteiger partial charge >= 0.3 is 0 Å². The molecule has 1 aromatic rings. The van der Waals surface area contributed by atoms with Gasteiger partial charge in [-0.3, -0.25) is 0 Å². The Balaban J connectivity index is 2.13. The highest BCUT2D eigenvalue weighted by Gasteiger charge is 2.20. The molecule has 3 rings (SSSR count). The lowest BCUT2D eigenvalue weighted by atomic mass is 9.94. The predicted molar refractivity (Wildman–Crippen MR) is 67.9 cm³/mol. The molecule has 0 fully saturated rings. The van der Waals surface area contributed by atoms with E-state index in [0.717, 1.165) is 12.8 Å². The number of rotatable bonds is 0. The molecule has 0 spiro atoms. The summed E-state index contributed by atoms with van der Waals surface area (Å²) < 4.78 is 0. The second-order valence-electron chi connectivity index (χ2n) is 4.36. The summed E-state index contributed by atoms with van der Waals surface area (Å²) in [7, 11) is 0. The van der Waals surface area contributed by atoms with Crippen LogP contribution in [0.1, 0.15) is 17.5 Å². The summed E-state index contributed by atoms with van der Waals surface area (Å²) >= 11 is 0. The molecule has 1 heteroatoms. The molecule has 1 atom stereocenters. The van der Waals surface area contributed by atoms with Crippen LogP contribution in [0.4, 0.5) is 0 Å². The van der Waals surface area contributed by atoms with Crippen LogP contribution < -0.4 is 5.73 Å². The summed E-state index contributed by atoms with van der Waals surface area (Å²) in [6, 6.07) is 8.72. The summed E-state index contributed by atoms with van der Waals surface area (Å²) in [5, 5.41) is 0. The van der Waals surface area contributed by atoms with Crippen molar-refractivity contribution in [2.24, 2.45) is 5.73 Å². The molecule has 16 heavy (non-hydrogen) atoms. The third-order valence-electron chi connectivity index (χ3n) is 3.40. The Morgan fingerprint density at radius 1 is 1.06 bits per heavy atom. The van der Waals surface area contributed by atoms with Crippen molar-refractivity contribution in [1.29, 1.82) is 0 Å².